The molecular weight excluding hydrogens is 281 g/mol. The number of halogens is 1. The highest BCUT2D eigenvalue weighted by Crippen LogP contribution is 2.29. The Morgan fingerprint density at radius 2 is 2.10 bits per heavy atom. The van der Waals surface area contributed by atoms with Gasteiger partial charge in [0.25, 0.3) is 0 Å². The number of thiazole rings is 1. The summed E-state index contributed by atoms with van der Waals surface area (Å²) in [5, 5.41) is 11.1. The Morgan fingerprint density at radius 1 is 1.40 bits per heavy atom. The molecule has 5 nitrogen and oxygen atoms in total. The molecule has 0 atom stereocenters. The number of carboxylic acids is 1. The van der Waals surface area contributed by atoms with Gasteiger partial charge in [0.2, 0.25) is 0 Å². The van der Waals surface area contributed by atoms with E-state index in [4.69, 9.17) is 0 Å². The third-order valence-corrected chi connectivity index (χ3v) is 3.73. The van der Waals surface area contributed by atoms with Gasteiger partial charge in [0, 0.05) is 24.3 Å². The van der Waals surface area contributed by atoms with Gasteiger partial charge in [0.1, 0.15) is 5.82 Å². The third-order valence-electron chi connectivity index (χ3n) is 2.98. The van der Waals surface area contributed by atoms with Crippen molar-refractivity contribution in [1.29, 1.82) is 0 Å². The van der Waals surface area contributed by atoms with E-state index in [1.807, 2.05) is 0 Å². The molecule has 3 rings (SSSR count). The van der Waals surface area contributed by atoms with Gasteiger partial charge in [0.15, 0.2) is 16.5 Å². The van der Waals surface area contributed by atoms with E-state index in [1.165, 1.54) is 27.9 Å². The first-order chi connectivity index (χ1) is 9.58. The molecule has 0 radical (unpaired) electrons. The molecule has 1 N–H and O–H groups in total. The number of aromatic nitrogens is 2. The number of carbonyl (C=O) groups is 1. The Bertz CT molecular complexity index is 779. The van der Waals surface area contributed by atoms with Crippen molar-refractivity contribution in [3.8, 4) is 0 Å². The lowest BCUT2D eigenvalue weighted by Crippen LogP contribution is -2.14. The number of fused-ring (bicyclic) bond motifs is 1. The van der Waals surface area contributed by atoms with E-state index in [0.29, 0.717) is 16.5 Å². The molecule has 7 heteroatoms. The second-order valence-corrected chi connectivity index (χ2v) is 5.05. The molecule has 0 bridgehead atoms. The monoisotopic (exact) mass is 291 g/mol. The normalized spacial score (nSPS) is 10.9. The summed E-state index contributed by atoms with van der Waals surface area (Å²) in [5.41, 5.74) is 0.757. The first kappa shape index (κ1) is 12.6. The molecular formula is C13H10FN3O2S. The summed E-state index contributed by atoms with van der Waals surface area (Å²) in [6.07, 6.45) is 1.67. The highest BCUT2D eigenvalue weighted by molar-refractivity contribution is 7.15. The first-order valence-electron chi connectivity index (χ1n) is 5.76. The van der Waals surface area contributed by atoms with Crippen LogP contribution in [-0.4, -0.2) is 27.5 Å². The molecule has 0 saturated heterocycles. The predicted molar refractivity (Wildman–Crippen MR) is 74.5 cm³/mol. The Balaban J connectivity index is 2.13. The Kier molecular flexibility index (Phi) is 2.90. The van der Waals surface area contributed by atoms with Crippen LogP contribution in [0.3, 0.4) is 0 Å². The maximum absolute atomic E-state index is 12.9. The van der Waals surface area contributed by atoms with Crippen molar-refractivity contribution in [2.75, 3.05) is 11.9 Å². The number of nitrogens with zero attached hydrogens (tertiary/aromatic N) is 3. The molecule has 0 unspecified atom stereocenters. The molecule has 1 aromatic carbocycles. The van der Waals surface area contributed by atoms with Crippen LogP contribution in [0.2, 0.25) is 0 Å². The van der Waals surface area contributed by atoms with E-state index < -0.39 is 5.97 Å². The minimum Gasteiger partial charge on any atom is -0.476 e. The lowest BCUT2D eigenvalue weighted by atomic mass is 10.3. The Hall–Kier alpha value is -2.41. The Labute approximate surface area is 117 Å². The number of anilines is 2. The highest BCUT2D eigenvalue weighted by Gasteiger charge is 2.22. The molecule has 0 saturated carbocycles. The van der Waals surface area contributed by atoms with Crippen molar-refractivity contribution in [3.63, 3.8) is 0 Å². The second-order valence-electron chi connectivity index (χ2n) is 4.18. The van der Waals surface area contributed by atoms with Gasteiger partial charge in [-0.05, 0) is 24.3 Å². The van der Waals surface area contributed by atoms with Crippen LogP contribution in [0, 0.1) is 5.82 Å². The van der Waals surface area contributed by atoms with Gasteiger partial charge in [-0.2, -0.15) is 0 Å². The fourth-order valence-electron chi connectivity index (χ4n) is 1.99. The van der Waals surface area contributed by atoms with Crippen LogP contribution in [0.1, 0.15) is 10.5 Å². The van der Waals surface area contributed by atoms with Crippen LogP contribution >= 0.6 is 11.3 Å². The van der Waals surface area contributed by atoms with Crippen LogP contribution in [-0.2, 0) is 0 Å². The number of rotatable bonds is 3. The van der Waals surface area contributed by atoms with Crippen LogP contribution in [0.5, 0.6) is 0 Å². The third kappa shape index (κ3) is 1.92. The summed E-state index contributed by atoms with van der Waals surface area (Å²) in [7, 11) is 1.70. The van der Waals surface area contributed by atoms with E-state index in [2.05, 4.69) is 4.98 Å². The molecule has 0 aliphatic heterocycles. The average Bonchev–Trinajstić information content (AvgIpc) is 2.97. The van der Waals surface area contributed by atoms with Gasteiger partial charge >= 0.3 is 5.97 Å². The summed E-state index contributed by atoms with van der Waals surface area (Å²) in [4.78, 5) is 18.0. The van der Waals surface area contributed by atoms with Crippen LogP contribution in [0.25, 0.3) is 4.96 Å². The number of hydrogen-bond donors (Lipinski definition) is 1. The van der Waals surface area contributed by atoms with Crippen LogP contribution in [0.15, 0.2) is 35.8 Å². The van der Waals surface area contributed by atoms with Crippen molar-refractivity contribution in [2.45, 2.75) is 0 Å². The van der Waals surface area contributed by atoms with Crippen molar-refractivity contribution >= 4 is 33.8 Å². The summed E-state index contributed by atoms with van der Waals surface area (Å²) >= 11 is 1.36. The maximum atomic E-state index is 12.9. The lowest BCUT2D eigenvalue weighted by Gasteiger charge is -2.17. The zero-order chi connectivity index (χ0) is 14.3. The molecule has 102 valence electrons. The SMILES string of the molecule is CN(c1ccc(F)cc1)c1nc2sccn2c1C(=O)O. The summed E-state index contributed by atoms with van der Waals surface area (Å²) in [6.45, 7) is 0. The van der Waals surface area contributed by atoms with E-state index in [9.17, 15) is 14.3 Å². The topological polar surface area (TPSA) is 57.8 Å². The summed E-state index contributed by atoms with van der Waals surface area (Å²) < 4.78 is 14.5. The minimum atomic E-state index is -1.06. The maximum Gasteiger partial charge on any atom is 0.356 e. The number of imidazole rings is 1. The minimum absolute atomic E-state index is 0.0908. The number of carboxylic acid groups (broad SMARTS) is 1. The van der Waals surface area contributed by atoms with E-state index in [-0.39, 0.29) is 11.5 Å². The molecule has 0 fully saturated rings. The second kappa shape index (κ2) is 4.61. The predicted octanol–water partition coefficient (Wildman–Crippen LogP) is 3.00. The van der Waals surface area contributed by atoms with Crippen LogP contribution < -0.4 is 4.90 Å². The van der Waals surface area contributed by atoms with Crippen molar-refractivity contribution in [2.24, 2.45) is 0 Å². The van der Waals surface area contributed by atoms with Gasteiger partial charge in [-0.15, -0.1) is 11.3 Å². The number of benzene rings is 1. The van der Waals surface area contributed by atoms with E-state index >= 15 is 0 Å². The van der Waals surface area contributed by atoms with Crippen molar-refractivity contribution < 1.29 is 14.3 Å². The van der Waals surface area contributed by atoms with Gasteiger partial charge in [-0.3, -0.25) is 4.40 Å². The smallest absolute Gasteiger partial charge is 0.356 e. The molecule has 3 aromatic rings. The standard InChI is InChI=1S/C13H10FN3O2S/c1-16(9-4-2-8(14)3-5-9)11-10(12(18)19)17-6-7-20-13(17)15-11/h2-7H,1H3,(H,18,19). The quantitative estimate of drug-likeness (QED) is 0.806. The number of hydrogen-bond acceptors (Lipinski definition) is 4. The fourth-order valence-corrected chi connectivity index (χ4v) is 2.70. The van der Waals surface area contributed by atoms with Crippen LogP contribution in [0.4, 0.5) is 15.9 Å². The highest BCUT2D eigenvalue weighted by atomic mass is 32.1. The fraction of sp³-hybridized carbons (Fsp3) is 0.0769. The molecule has 2 heterocycles. The first-order valence-corrected chi connectivity index (χ1v) is 6.64. The van der Waals surface area contributed by atoms with Gasteiger partial charge in [-0.25, -0.2) is 14.2 Å². The largest absolute Gasteiger partial charge is 0.476 e. The van der Waals surface area contributed by atoms with Gasteiger partial charge < -0.3 is 10.0 Å². The van der Waals surface area contributed by atoms with Gasteiger partial charge in [0.05, 0.1) is 0 Å². The average molecular weight is 291 g/mol. The zero-order valence-electron chi connectivity index (χ0n) is 10.4. The van der Waals surface area contributed by atoms with E-state index in [0.717, 1.165) is 0 Å². The van der Waals surface area contributed by atoms with E-state index in [1.54, 1.807) is 35.7 Å². The molecule has 20 heavy (non-hydrogen) atoms. The molecule has 2 aromatic heterocycles. The molecule has 0 aliphatic rings. The number of aromatic carboxylic acids is 1. The molecule has 0 spiro atoms. The van der Waals surface area contributed by atoms with Gasteiger partial charge in [-0.1, -0.05) is 0 Å². The lowest BCUT2D eigenvalue weighted by molar-refractivity contribution is 0.0690. The molecule has 0 aliphatic carbocycles. The molecule has 0 amide bonds. The summed E-state index contributed by atoms with van der Waals surface area (Å²) in [6, 6.07) is 5.80. The summed E-state index contributed by atoms with van der Waals surface area (Å²) in [5.74, 6) is -1.07. The van der Waals surface area contributed by atoms with Crippen molar-refractivity contribution in [3.05, 3.63) is 47.4 Å². The zero-order valence-corrected chi connectivity index (χ0v) is 11.3. The van der Waals surface area contributed by atoms with Crippen molar-refractivity contribution in [1.82, 2.24) is 9.38 Å². The Morgan fingerprint density at radius 3 is 2.75 bits per heavy atom.